The Hall–Kier alpha value is -3.36. The minimum atomic E-state index is -0.515. The van der Waals surface area contributed by atoms with Crippen LogP contribution in [0.25, 0.3) is 0 Å². The molecule has 0 aliphatic heterocycles. The van der Waals surface area contributed by atoms with E-state index in [0.717, 1.165) is 12.2 Å². The van der Waals surface area contributed by atoms with E-state index < -0.39 is 5.41 Å². The highest BCUT2D eigenvalue weighted by Gasteiger charge is 2.39. The van der Waals surface area contributed by atoms with Crippen LogP contribution in [0.2, 0.25) is 0 Å². The number of hydrogen-bond donors (Lipinski definition) is 1. The van der Waals surface area contributed by atoms with Crippen molar-refractivity contribution in [2.45, 2.75) is 90.4 Å². The number of benzene rings is 4. The van der Waals surface area contributed by atoms with E-state index >= 15 is 0 Å². The van der Waals surface area contributed by atoms with Crippen LogP contribution in [0.1, 0.15) is 108 Å². The highest BCUT2D eigenvalue weighted by molar-refractivity contribution is 5.61. The largest absolute Gasteiger partial charge is 0.494 e. The van der Waals surface area contributed by atoms with Crippen molar-refractivity contribution < 1.29 is 4.74 Å². The summed E-state index contributed by atoms with van der Waals surface area (Å²) in [7, 11) is 0. The molecule has 2 nitrogen and oxygen atoms in total. The van der Waals surface area contributed by atoms with Crippen LogP contribution in [-0.2, 0) is 21.7 Å². The maximum absolute atomic E-state index is 6.01. The van der Waals surface area contributed by atoms with Gasteiger partial charge in [0.1, 0.15) is 5.75 Å². The molecule has 2 heteroatoms. The highest BCUT2D eigenvalue weighted by Crippen LogP contribution is 2.47. The summed E-state index contributed by atoms with van der Waals surface area (Å²) < 4.78 is 6.01. The van der Waals surface area contributed by atoms with Gasteiger partial charge in [0.05, 0.1) is 12.0 Å². The molecule has 0 unspecified atom stereocenters. The SMILES string of the molecule is CC(C)(C)c1ccc(C(c2ccc(OCCCN)cc2)(c2ccc(C(C)(C)C)cc2)c2ccc(C(C)(C)C)cc2)cc1. The van der Waals surface area contributed by atoms with Crippen LogP contribution in [0.5, 0.6) is 5.75 Å². The normalized spacial score (nSPS) is 12.8. The van der Waals surface area contributed by atoms with Gasteiger partial charge in [0, 0.05) is 0 Å². The van der Waals surface area contributed by atoms with E-state index in [4.69, 9.17) is 10.5 Å². The van der Waals surface area contributed by atoms with Gasteiger partial charge >= 0.3 is 0 Å². The summed E-state index contributed by atoms with van der Waals surface area (Å²) in [6.45, 7) is 21.7. The Morgan fingerprint density at radius 2 is 0.690 bits per heavy atom. The lowest BCUT2D eigenvalue weighted by Crippen LogP contribution is -2.31. The lowest BCUT2D eigenvalue weighted by molar-refractivity contribution is 0.313. The third kappa shape index (κ3) is 6.65. The van der Waals surface area contributed by atoms with Crippen LogP contribution in [-0.4, -0.2) is 13.2 Å². The smallest absolute Gasteiger partial charge is 0.119 e. The molecule has 0 bridgehead atoms. The van der Waals surface area contributed by atoms with Crippen molar-refractivity contribution >= 4 is 0 Å². The standard InChI is InChI=1S/C40H51NO/c1-37(2,3)29-11-17-32(18-12-29)40(33-19-13-30(14-20-33)38(4,5)6,34-21-15-31(16-22-34)39(7,8)9)35-23-25-36(26-24-35)42-28-10-27-41/h11-26H,10,27-28,41H2,1-9H3. The first-order valence-corrected chi connectivity index (χ1v) is 15.4. The lowest BCUT2D eigenvalue weighted by atomic mass is 9.64. The van der Waals surface area contributed by atoms with Crippen molar-refractivity contribution in [2.75, 3.05) is 13.2 Å². The summed E-state index contributed by atoms with van der Waals surface area (Å²) in [5, 5.41) is 0. The highest BCUT2D eigenvalue weighted by atomic mass is 16.5. The molecule has 0 saturated heterocycles. The van der Waals surface area contributed by atoms with E-state index in [0.29, 0.717) is 13.2 Å². The Bertz CT molecular complexity index is 1280. The molecular formula is C40H51NO. The summed E-state index contributed by atoms with van der Waals surface area (Å²) in [4.78, 5) is 0. The van der Waals surface area contributed by atoms with Gasteiger partial charge in [-0.2, -0.15) is 0 Å². The molecule has 4 aromatic carbocycles. The van der Waals surface area contributed by atoms with Gasteiger partial charge in [-0.3, -0.25) is 0 Å². The molecular weight excluding hydrogens is 510 g/mol. The molecule has 0 fully saturated rings. The van der Waals surface area contributed by atoms with Crippen molar-refractivity contribution in [2.24, 2.45) is 5.73 Å². The Balaban J connectivity index is 2.01. The molecule has 4 rings (SSSR count). The zero-order chi connectivity index (χ0) is 30.8. The van der Waals surface area contributed by atoms with Crippen LogP contribution >= 0.6 is 0 Å². The van der Waals surface area contributed by atoms with Gasteiger partial charge in [0.25, 0.3) is 0 Å². The fourth-order valence-corrected chi connectivity index (χ4v) is 5.74. The van der Waals surface area contributed by atoms with Gasteiger partial charge in [-0.1, -0.05) is 147 Å². The maximum atomic E-state index is 6.01. The molecule has 0 aliphatic carbocycles. The Morgan fingerprint density at radius 3 is 0.952 bits per heavy atom. The van der Waals surface area contributed by atoms with Gasteiger partial charge in [-0.05, 0) is 80.3 Å². The predicted octanol–water partition coefficient (Wildman–Crippen LogP) is 9.69. The minimum absolute atomic E-state index is 0.0758. The Labute approximate surface area is 255 Å². The number of rotatable bonds is 8. The van der Waals surface area contributed by atoms with Crippen molar-refractivity contribution in [1.29, 1.82) is 0 Å². The molecule has 0 aromatic heterocycles. The quantitative estimate of drug-likeness (QED) is 0.172. The average Bonchev–Trinajstić information content (AvgIpc) is 2.94. The molecule has 0 amide bonds. The van der Waals surface area contributed by atoms with E-state index in [1.54, 1.807) is 0 Å². The van der Waals surface area contributed by atoms with E-state index in [1.165, 1.54) is 38.9 Å². The van der Waals surface area contributed by atoms with Crippen molar-refractivity contribution in [3.05, 3.63) is 136 Å². The van der Waals surface area contributed by atoms with E-state index in [9.17, 15) is 0 Å². The van der Waals surface area contributed by atoms with E-state index in [1.807, 2.05) is 0 Å². The first kappa shape index (κ1) is 31.6. The monoisotopic (exact) mass is 561 g/mol. The topological polar surface area (TPSA) is 35.2 Å². The maximum Gasteiger partial charge on any atom is 0.119 e. The van der Waals surface area contributed by atoms with Gasteiger partial charge in [0.2, 0.25) is 0 Å². The van der Waals surface area contributed by atoms with E-state index in [-0.39, 0.29) is 16.2 Å². The van der Waals surface area contributed by atoms with Crippen LogP contribution in [0.4, 0.5) is 0 Å². The fourth-order valence-electron chi connectivity index (χ4n) is 5.74. The van der Waals surface area contributed by atoms with Crippen LogP contribution in [0.15, 0.2) is 97.1 Å². The van der Waals surface area contributed by atoms with Crippen LogP contribution < -0.4 is 10.5 Å². The molecule has 2 N–H and O–H groups in total. The summed E-state index contributed by atoms with van der Waals surface area (Å²) in [5.41, 5.74) is 14.4. The molecule has 0 aliphatic rings. The number of nitrogens with two attached hydrogens (primary N) is 1. The molecule has 0 saturated carbocycles. The van der Waals surface area contributed by atoms with Gasteiger partial charge in [0.15, 0.2) is 0 Å². The van der Waals surface area contributed by atoms with Gasteiger partial charge in [-0.15, -0.1) is 0 Å². The summed E-state index contributed by atoms with van der Waals surface area (Å²) in [6.07, 6.45) is 0.839. The van der Waals surface area contributed by atoms with Gasteiger partial charge < -0.3 is 10.5 Å². The fraction of sp³-hybridized carbons (Fsp3) is 0.400. The number of ether oxygens (including phenoxy) is 1. The minimum Gasteiger partial charge on any atom is -0.494 e. The summed E-state index contributed by atoms with van der Waals surface area (Å²) in [5.74, 6) is 0.871. The van der Waals surface area contributed by atoms with Crippen LogP contribution in [0, 0.1) is 0 Å². The Kier molecular flexibility index (Phi) is 9.09. The molecule has 0 radical (unpaired) electrons. The molecule has 222 valence electrons. The van der Waals surface area contributed by atoms with Crippen molar-refractivity contribution in [3.8, 4) is 5.75 Å². The predicted molar refractivity (Wildman–Crippen MR) is 180 cm³/mol. The zero-order valence-corrected chi connectivity index (χ0v) is 27.3. The average molecular weight is 562 g/mol. The van der Waals surface area contributed by atoms with E-state index in [2.05, 4.69) is 159 Å². The molecule has 42 heavy (non-hydrogen) atoms. The second-order valence-electron chi connectivity index (χ2n) is 14.7. The molecule has 0 spiro atoms. The molecule has 0 atom stereocenters. The lowest BCUT2D eigenvalue weighted by Gasteiger charge is -2.38. The van der Waals surface area contributed by atoms with Crippen LogP contribution in [0.3, 0.4) is 0 Å². The van der Waals surface area contributed by atoms with Gasteiger partial charge in [-0.25, -0.2) is 0 Å². The zero-order valence-electron chi connectivity index (χ0n) is 27.3. The Morgan fingerprint density at radius 1 is 0.429 bits per heavy atom. The van der Waals surface area contributed by atoms with Crippen molar-refractivity contribution in [1.82, 2.24) is 0 Å². The second-order valence-corrected chi connectivity index (χ2v) is 14.7. The molecule has 4 aromatic rings. The molecule has 0 heterocycles. The summed E-state index contributed by atoms with van der Waals surface area (Å²) >= 11 is 0. The second kappa shape index (κ2) is 12.1. The van der Waals surface area contributed by atoms with Crippen molar-refractivity contribution in [3.63, 3.8) is 0 Å². The summed E-state index contributed by atoms with van der Waals surface area (Å²) in [6, 6.07) is 36.5. The third-order valence-electron chi connectivity index (χ3n) is 8.46. The first-order chi connectivity index (χ1) is 19.7. The first-order valence-electron chi connectivity index (χ1n) is 15.4. The third-order valence-corrected chi connectivity index (χ3v) is 8.46. The number of hydrogen-bond acceptors (Lipinski definition) is 2.